The zero-order valence-electron chi connectivity index (χ0n) is 13.2. The Morgan fingerprint density at radius 3 is 3.04 bits per heavy atom. The zero-order chi connectivity index (χ0) is 16.1. The normalized spacial score (nSPS) is 18.6. The van der Waals surface area contributed by atoms with Crippen molar-refractivity contribution in [3.05, 3.63) is 46.8 Å². The predicted molar refractivity (Wildman–Crippen MR) is 94.6 cm³/mol. The first-order chi connectivity index (χ1) is 11.2. The van der Waals surface area contributed by atoms with Crippen LogP contribution in [0, 0.1) is 0 Å². The molecule has 1 N–H and O–H groups in total. The molecule has 0 bridgehead atoms. The SMILES string of the molecule is COc1ccc(CN2CCCC(Nc3ccncn3)C2)cc1Br. The number of halogens is 1. The first-order valence-corrected chi connectivity index (χ1v) is 8.61. The molecule has 122 valence electrons. The van der Waals surface area contributed by atoms with Crippen LogP contribution in [0.25, 0.3) is 0 Å². The summed E-state index contributed by atoms with van der Waals surface area (Å²) in [5.74, 6) is 1.77. The van der Waals surface area contributed by atoms with Gasteiger partial charge in [-0.1, -0.05) is 6.07 Å². The lowest BCUT2D eigenvalue weighted by Crippen LogP contribution is -2.41. The van der Waals surface area contributed by atoms with E-state index in [0.717, 1.165) is 35.7 Å². The minimum Gasteiger partial charge on any atom is -0.496 e. The van der Waals surface area contributed by atoms with Gasteiger partial charge >= 0.3 is 0 Å². The molecule has 23 heavy (non-hydrogen) atoms. The Balaban J connectivity index is 1.59. The van der Waals surface area contributed by atoms with E-state index in [4.69, 9.17) is 4.74 Å². The highest BCUT2D eigenvalue weighted by Gasteiger charge is 2.20. The Morgan fingerprint density at radius 1 is 1.39 bits per heavy atom. The van der Waals surface area contributed by atoms with Crippen molar-refractivity contribution >= 4 is 21.7 Å². The summed E-state index contributed by atoms with van der Waals surface area (Å²) < 4.78 is 6.30. The van der Waals surface area contributed by atoms with Crippen molar-refractivity contribution in [1.29, 1.82) is 0 Å². The summed E-state index contributed by atoms with van der Waals surface area (Å²) in [5, 5.41) is 3.50. The highest BCUT2D eigenvalue weighted by molar-refractivity contribution is 9.10. The second-order valence-electron chi connectivity index (χ2n) is 5.78. The molecule has 0 spiro atoms. The second kappa shape index (κ2) is 7.75. The number of nitrogens with one attached hydrogen (secondary N) is 1. The first kappa shape index (κ1) is 16.2. The van der Waals surface area contributed by atoms with E-state index in [0.29, 0.717) is 6.04 Å². The number of hydrogen-bond acceptors (Lipinski definition) is 5. The van der Waals surface area contributed by atoms with Crippen molar-refractivity contribution in [2.75, 3.05) is 25.5 Å². The molecule has 1 fully saturated rings. The lowest BCUT2D eigenvalue weighted by molar-refractivity contribution is 0.208. The summed E-state index contributed by atoms with van der Waals surface area (Å²) >= 11 is 3.56. The summed E-state index contributed by atoms with van der Waals surface area (Å²) in [7, 11) is 1.69. The monoisotopic (exact) mass is 376 g/mol. The largest absolute Gasteiger partial charge is 0.496 e. The molecule has 0 radical (unpaired) electrons. The van der Waals surface area contributed by atoms with Crippen molar-refractivity contribution in [3.63, 3.8) is 0 Å². The summed E-state index contributed by atoms with van der Waals surface area (Å²) in [6, 6.07) is 8.63. The van der Waals surface area contributed by atoms with Gasteiger partial charge < -0.3 is 10.1 Å². The van der Waals surface area contributed by atoms with Crippen LogP contribution in [-0.2, 0) is 6.54 Å². The third kappa shape index (κ3) is 4.42. The zero-order valence-corrected chi connectivity index (χ0v) is 14.8. The molecular formula is C17H21BrN4O. The Hall–Kier alpha value is -1.66. The highest BCUT2D eigenvalue weighted by Crippen LogP contribution is 2.26. The second-order valence-corrected chi connectivity index (χ2v) is 6.64. The molecule has 1 aromatic heterocycles. The number of aromatic nitrogens is 2. The molecule has 3 rings (SSSR count). The maximum atomic E-state index is 5.29. The number of rotatable bonds is 5. The van der Waals surface area contributed by atoms with Crippen LogP contribution < -0.4 is 10.1 Å². The van der Waals surface area contributed by atoms with Gasteiger partial charge in [-0.05, 0) is 59.1 Å². The van der Waals surface area contributed by atoms with Crippen LogP contribution in [0.4, 0.5) is 5.82 Å². The van der Waals surface area contributed by atoms with Crippen molar-refractivity contribution in [2.24, 2.45) is 0 Å². The summed E-state index contributed by atoms with van der Waals surface area (Å²) in [5.41, 5.74) is 1.29. The van der Waals surface area contributed by atoms with E-state index in [1.807, 2.05) is 12.1 Å². The van der Waals surface area contributed by atoms with Gasteiger partial charge in [-0.2, -0.15) is 0 Å². The molecule has 1 aliphatic heterocycles. The van der Waals surface area contributed by atoms with Crippen molar-refractivity contribution in [3.8, 4) is 5.75 Å². The van der Waals surface area contributed by atoms with E-state index in [9.17, 15) is 0 Å². The third-order valence-corrected chi connectivity index (χ3v) is 4.68. The smallest absolute Gasteiger partial charge is 0.133 e. The van der Waals surface area contributed by atoms with E-state index in [1.54, 1.807) is 19.6 Å². The quantitative estimate of drug-likeness (QED) is 0.867. The topological polar surface area (TPSA) is 50.3 Å². The first-order valence-electron chi connectivity index (χ1n) is 7.82. The molecule has 2 aromatic rings. The average Bonchev–Trinajstić information content (AvgIpc) is 2.56. The van der Waals surface area contributed by atoms with Gasteiger partial charge in [0.1, 0.15) is 17.9 Å². The van der Waals surface area contributed by atoms with E-state index < -0.39 is 0 Å². The maximum Gasteiger partial charge on any atom is 0.133 e. The molecule has 6 heteroatoms. The fraction of sp³-hybridized carbons (Fsp3) is 0.412. The molecule has 1 atom stereocenters. The van der Waals surface area contributed by atoms with Crippen LogP contribution in [0.3, 0.4) is 0 Å². The molecule has 1 aliphatic rings. The fourth-order valence-electron chi connectivity index (χ4n) is 2.97. The number of nitrogens with zero attached hydrogens (tertiary/aromatic N) is 3. The Kier molecular flexibility index (Phi) is 5.46. The minimum atomic E-state index is 0.431. The Bertz CT molecular complexity index is 638. The van der Waals surface area contributed by atoms with Crippen LogP contribution in [0.5, 0.6) is 5.75 Å². The Labute approximate surface area is 145 Å². The number of ether oxygens (including phenoxy) is 1. The summed E-state index contributed by atoms with van der Waals surface area (Å²) in [6.07, 6.45) is 5.72. The van der Waals surface area contributed by atoms with Gasteiger partial charge in [0.25, 0.3) is 0 Å². The van der Waals surface area contributed by atoms with Gasteiger partial charge in [-0.15, -0.1) is 0 Å². The minimum absolute atomic E-state index is 0.431. The molecule has 0 saturated carbocycles. The van der Waals surface area contributed by atoms with E-state index in [-0.39, 0.29) is 0 Å². The number of benzene rings is 1. The molecule has 1 unspecified atom stereocenters. The van der Waals surface area contributed by atoms with E-state index >= 15 is 0 Å². The van der Waals surface area contributed by atoms with E-state index in [2.05, 4.69) is 48.2 Å². The van der Waals surface area contributed by atoms with Crippen LogP contribution >= 0.6 is 15.9 Å². The number of hydrogen-bond donors (Lipinski definition) is 1. The predicted octanol–water partition coefficient (Wildman–Crippen LogP) is 3.32. The fourth-order valence-corrected chi connectivity index (χ4v) is 3.56. The van der Waals surface area contributed by atoms with Gasteiger partial charge in [0.15, 0.2) is 0 Å². The van der Waals surface area contributed by atoms with Crippen LogP contribution in [0.2, 0.25) is 0 Å². The average molecular weight is 377 g/mol. The molecule has 1 saturated heterocycles. The third-order valence-electron chi connectivity index (χ3n) is 4.06. The lowest BCUT2D eigenvalue weighted by atomic mass is 10.0. The Morgan fingerprint density at radius 2 is 2.30 bits per heavy atom. The van der Waals surface area contributed by atoms with Gasteiger partial charge in [-0.25, -0.2) is 9.97 Å². The molecule has 0 amide bonds. The van der Waals surface area contributed by atoms with Gasteiger partial charge in [0.2, 0.25) is 0 Å². The maximum absolute atomic E-state index is 5.29. The lowest BCUT2D eigenvalue weighted by Gasteiger charge is -2.33. The van der Waals surface area contributed by atoms with Crippen LogP contribution in [0.1, 0.15) is 18.4 Å². The molecule has 2 heterocycles. The molecule has 0 aliphatic carbocycles. The standard InChI is InChI=1S/C17H21BrN4O/c1-23-16-5-4-13(9-15(16)18)10-22-8-2-3-14(11-22)21-17-6-7-19-12-20-17/h4-7,9,12,14H,2-3,8,10-11H2,1H3,(H,19,20,21). The number of piperidine rings is 1. The van der Waals surface area contributed by atoms with Crippen LogP contribution in [-0.4, -0.2) is 41.1 Å². The van der Waals surface area contributed by atoms with Gasteiger partial charge in [0.05, 0.1) is 11.6 Å². The molecule has 5 nitrogen and oxygen atoms in total. The molecule has 1 aromatic carbocycles. The summed E-state index contributed by atoms with van der Waals surface area (Å²) in [4.78, 5) is 10.7. The highest BCUT2D eigenvalue weighted by atomic mass is 79.9. The summed E-state index contributed by atoms with van der Waals surface area (Å²) in [6.45, 7) is 3.10. The number of likely N-dealkylation sites (tertiary alicyclic amines) is 1. The number of anilines is 1. The van der Waals surface area contributed by atoms with Crippen molar-refractivity contribution < 1.29 is 4.74 Å². The van der Waals surface area contributed by atoms with Crippen LogP contribution in [0.15, 0.2) is 41.3 Å². The number of methoxy groups -OCH3 is 1. The van der Waals surface area contributed by atoms with E-state index in [1.165, 1.54) is 18.4 Å². The molecular weight excluding hydrogens is 356 g/mol. The van der Waals surface area contributed by atoms with Crippen molar-refractivity contribution in [1.82, 2.24) is 14.9 Å². The van der Waals surface area contributed by atoms with Gasteiger partial charge in [0, 0.05) is 25.3 Å². The van der Waals surface area contributed by atoms with Crippen molar-refractivity contribution in [2.45, 2.75) is 25.4 Å². The van der Waals surface area contributed by atoms with Gasteiger partial charge in [-0.3, -0.25) is 4.90 Å².